The molecule has 0 radical (unpaired) electrons. The molecule has 118 valence electrons. The van der Waals surface area contributed by atoms with Crippen LogP contribution in [0.25, 0.3) is 0 Å². The molecular weight excluding hydrogens is 274 g/mol. The molecule has 2 rings (SSSR count). The highest BCUT2D eigenvalue weighted by Crippen LogP contribution is 2.24. The highest BCUT2D eigenvalue weighted by atomic mass is 16.5. The van der Waals surface area contributed by atoms with E-state index in [1.807, 2.05) is 24.3 Å². The molecule has 0 heterocycles. The van der Waals surface area contributed by atoms with Crippen LogP contribution in [0.15, 0.2) is 48.5 Å². The minimum atomic E-state index is 0.242. The monoisotopic (exact) mass is 299 g/mol. The molecule has 0 spiro atoms. The van der Waals surface area contributed by atoms with E-state index in [2.05, 4.69) is 19.1 Å². The lowest BCUT2D eigenvalue weighted by Crippen LogP contribution is -2.15. The van der Waals surface area contributed by atoms with Crippen LogP contribution < -0.4 is 10.5 Å². The number of nitrogens with two attached hydrogens (primary N) is 1. The largest absolute Gasteiger partial charge is 0.508 e. The van der Waals surface area contributed by atoms with Gasteiger partial charge < -0.3 is 15.6 Å². The molecule has 0 aliphatic carbocycles. The van der Waals surface area contributed by atoms with E-state index < -0.39 is 0 Å². The smallest absolute Gasteiger partial charge is 0.119 e. The maximum Gasteiger partial charge on any atom is 0.119 e. The summed E-state index contributed by atoms with van der Waals surface area (Å²) in [5.41, 5.74) is 8.30. The fraction of sp³-hybridized carbons (Fsp3) is 0.368. The Morgan fingerprint density at radius 3 is 2.59 bits per heavy atom. The Bertz CT molecular complexity index is 566. The zero-order valence-corrected chi connectivity index (χ0v) is 13.2. The maximum atomic E-state index is 9.39. The van der Waals surface area contributed by atoms with Gasteiger partial charge in [-0.25, -0.2) is 0 Å². The summed E-state index contributed by atoms with van der Waals surface area (Å²) in [7, 11) is 0. The van der Waals surface area contributed by atoms with E-state index in [9.17, 15) is 5.11 Å². The summed E-state index contributed by atoms with van der Waals surface area (Å²) in [5.74, 6) is 1.45. The molecule has 2 aromatic carbocycles. The van der Waals surface area contributed by atoms with E-state index in [0.29, 0.717) is 6.54 Å². The number of hydrogen-bond donors (Lipinski definition) is 2. The van der Waals surface area contributed by atoms with Crippen LogP contribution in [0, 0.1) is 0 Å². The molecule has 3 nitrogen and oxygen atoms in total. The van der Waals surface area contributed by atoms with Crippen molar-refractivity contribution in [3.05, 3.63) is 59.7 Å². The van der Waals surface area contributed by atoms with Crippen LogP contribution >= 0.6 is 0 Å². The van der Waals surface area contributed by atoms with Crippen molar-refractivity contribution in [2.45, 2.75) is 32.1 Å². The number of hydrogen-bond acceptors (Lipinski definition) is 3. The summed E-state index contributed by atoms with van der Waals surface area (Å²) in [5, 5.41) is 9.39. The average Bonchev–Trinajstić information content (AvgIpc) is 2.54. The number of rotatable bonds is 8. The lowest BCUT2D eigenvalue weighted by Gasteiger charge is -2.16. The van der Waals surface area contributed by atoms with Gasteiger partial charge in [0.05, 0.1) is 6.61 Å². The first-order chi connectivity index (χ1) is 10.7. The van der Waals surface area contributed by atoms with Gasteiger partial charge in [0.2, 0.25) is 0 Å². The molecular formula is C19H25NO2. The van der Waals surface area contributed by atoms with Gasteiger partial charge in [0, 0.05) is 5.92 Å². The summed E-state index contributed by atoms with van der Waals surface area (Å²) >= 11 is 0. The van der Waals surface area contributed by atoms with Crippen LogP contribution in [0.2, 0.25) is 0 Å². The predicted molar refractivity (Wildman–Crippen MR) is 90.5 cm³/mol. The third-order valence-electron chi connectivity index (χ3n) is 3.80. The summed E-state index contributed by atoms with van der Waals surface area (Å²) in [6, 6.07) is 15.5. The van der Waals surface area contributed by atoms with Crippen LogP contribution in [-0.2, 0) is 6.42 Å². The van der Waals surface area contributed by atoms with Crippen molar-refractivity contribution in [3.8, 4) is 11.5 Å². The topological polar surface area (TPSA) is 55.5 Å². The van der Waals surface area contributed by atoms with Crippen molar-refractivity contribution in [3.63, 3.8) is 0 Å². The standard InChI is InChI=1S/C19H25NO2/c1-2-3-11-22-19-6-4-5-15(13-19)12-17(14-20)16-7-9-18(21)10-8-16/h4-10,13,17,21H,2-3,11-12,14,20H2,1H3. The second-order valence-corrected chi connectivity index (χ2v) is 5.58. The molecule has 0 aromatic heterocycles. The molecule has 1 atom stereocenters. The van der Waals surface area contributed by atoms with Gasteiger partial charge in [0.1, 0.15) is 11.5 Å². The van der Waals surface area contributed by atoms with Gasteiger partial charge in [-0.05, 0) is 54.8 Å². The molecule has 0 saturated carbocycles. The normalized spacial score (nSPS) is 12.1. The molecule has 22 heavy (non-hydrogen) atoms. The Labute approximate surface area is 132 Å². The van der Waals surface area contributed by atoms with E-state index in [1.165, 1.54) is 5.56 Å². The van der Waals surface area contributed by atoms with E-state index in [-0.39, 0.29) is 11.7 Å². The summed E-state index contributed by atoms with van der Waals surface area (Å²) in [6.07, 6.45) is 3.07. The van der Waals surface area contributed by atoms with Crippen LogP contribution in [0.5, 0.6) is 11.5 Å². The lowest BCUT2D eigenvalue weighted by molar-refractivity contribution is 0.309. The number of benzene rings is 2. The van der Waals surface area contributed by atoms with Crippen molar-refractivity contribution in [1.29, 1.82) is 0 Å². The Morgan fingerprint density at radius 2 is 1.91 bits per heavy atom. The van der Waals surface area contributed by atoms with Crippen LogP contribution in [0.3, 0.4) is 0 Å². The Hall–Kier alpha value is -2.00. The van der Waals surface area contributed by atoms with Gasteiger partial charge in [0.15, 0.2) is 0 Å². The molecule has 0 bridgehead atoms. The van der Waals surface area contributed by atoms with Gasteiger partial charge in [-0.2, -0.15) is 0 Å². The molecule has 0 fully saturated rings. The number of ether oxygens (including phenoxy) is 1. The van der Waals surface area contributed by atoms with Crippen molar-refractivity contribution >= 4 is 0 Å². The molecule has 0 aliphatic rings. The summed E-state index contributed by atoms with van der Waals surface area (Å²) in [6.45, 7) is 3.49. The van der Waals surface area contributed by atoms with E-state index in [1.54, 1.807) is 12.1 Å². The first-order valence-corrected chi connectivity index (χ1v) is 7.93. The van der Waals surface area contributed by atoms with Gasteiger partial charge in [-0.3, -0.25) is 0 Å². The SMILES string of the molecule is CCCCOc1cccc(CC(CN)c2ccc(O)cc2)c1. The Kier molecular flexibility index (Phi) is 6.28. The van der Waals surface area contributed by atoms with Gasteiger partial charge in [-0.1, -0.05) is 37.6 Å². The number of phenolic OH excluding ortho intramolecular Hbond substituents is 1. The third kappa shape index (κ3) is 4.78. The van der Waals surface area contributed by atoms with Crippen molar-refractivity contribution in [2.75, 3.05) is 13.2 Å². The molecule has 3 heteroatoms. The average molecular weight is 299 g/mol. The highest BCUT2D eigenvalue weighted by molar-refractivity contribution is 5.33. The fourth-order valence-electron chi connectivity index (χ4n) is 2.46. The quantitative estimate of drug-likeness (QED) is 0.728. The second kappa shape index (κ2) is 8.44. The molecule has 0 saturated heterocycles. The first-order valence-electron chi connectivity index (χ1n) is 7.93. The van der Waals surface area contributed by atoms with Crippen molar-refractivity contribution < 1.29 is 9.84 Å². The minimum absolute atomic E-state index is 0.242. The minimum Gasteiger partial charge on any atom is -0.508 e. The van der Waals surface area contributed by atoms with Gasteiger partial charge in [0.25, 0.3) is 0 Å². The molecule has 0 aliphatic heterocycles. The molecule has 0 amide bonds. The van der Waals surface area contributed by atoms with E-state index in [4.69, 9.17) is 10.5 Å². The van der Waals surface area contributed by atoms with Crippen LogP contribution in [-0.4, -0.2) is 18.3 Å². The van der Waals surface area contributed by atoms with Gasteiger partial charge >= 0.3 is 0 Å². The summed E-state index contributed by atoms with van der Waals surface area (Å²) < 4.78 is 5.76. The highest BCUT2D eigenvalue weighted by Gasteiger charge is 2.11. The van der Waals surface area contributed by atoms with Gasteiger partial charge in [-0.15, -0.1) is 0 Å². The Morgan fingerprint density at radius 1 is 1.14 bits per heavy atom. The fourth-order valence-corrected chi connectivity index (χ4v) is 2.46. The molecule has 1 unspecified atom stereocenters. The third-order valence-corrected chi connectivity index (χ3v) is 3.80. The van der Waals surface area contributed by atoms with E-state index in [0.717, 1.165) is 37.2 Å². The predicted octanol–water partition coefficient (Wildman–Crippen LogP) is 3.86. The van der Waals surface area contributed by atoms with Crippen molar-refractivity contribution in [2.24, 2.45) is 5.73 Å². The number of aromatic hydroxyl groups is 1. The zero-order valence-electron chi connectivity index (χ0n) is 13.2. The zero-order chi connectivity index (χ0) is 15.8. The molecule has 3 N–H and O–H groups in total. The first kappa shape index (κ1) is 16.4. The van der Waals surface area contributed by atoms with Crippen LogP contribution in [0.4, 0.5) is 0 Å². The molecule has 2 aromatic rings. The van der Waals surface area contributed by atoms with E-state index >= 15 is 0 Å². The maximum absolute atomic E-state index is 9.39. The lowest BCUT2D eigenvalue weighted by atomic mass is 9.92. The second-order valence-electron chi connectivity index (χ2n) is 5.58. The van der Waals surface area contributed by atoms with Crippen LogP contribution in [0.1, 0.15) is 36.8 Å². The number of phenols is 1. The number of unbranched alkanes of at least 4 members (excludes halogenated alkanes) is 1. The summed E-state index contributed by atoms with van der Waals surface area (Å²) in [4.78, 5) is 0. The Balaban J connectivity index is 2.04. The van der Waals surface area contributed by atoms with Crippen molar-refractivity contribution in [1.82, 2.24) is 0 Å².